The van der Waals surface area contributed by atoms with E-state index in [1.165, 1.54) is 13.8 Å². The van der Waals surface area contributed by atoms with E-state index in [4.69, 9.17) is 18.9 Å². The molecule has 1 aliphatic carbocycles. The van der Waals surface area contributed by atoms with Crippen molar-refractivity contribution in [2.24, 2.45) is 0 Å². The number of hydrogen-bond donors (Lipinski definition) is 2. The molecule has 0 radical (unpaired) electrons. The van der Waals surface area contributed by atoms with Crippen molar-refractivity contribution in [1.82, 2.24) is 10.6 Å². The van der Waals surface area contributed by atoms with Gasteiger partial charge in [0.25, 0.3) is 0 Å². The van der Waals surface area contributed by atoms with Gasteiger partial charge in [0, 0.05) is 36.1 Å². The Morgan fingerprint density at radius 3 is 1.29 bits per heavy atom. The van der Waals surface area contributed by atoms with E-state index in [1.54, 1.807) is 0 Å². The van der Waals surface area contributed by atoms with Crippen LogP contribution < -0.4 is 10.6 Å². The lowest BCUT2D eigenvalue weighted by Crippen LogP contribution is -2.53. The Bertz CT molecular complexity index is 826. The lowest BCUT2D eigenvalue weighted by molar-refractivity contribution is -0.150. The molecule has 1 aliphatic rings. The summed E-state index contributed by atoms with van der Waals surface area (Å²) in [5.41, 5.74) is 0.479. The van der Waals surface area contributed by atoms with Crippen molar-refractivity contribution in [3.63, 3.8) is 0 Å². The Balaban J connectivity index is 2.30. The van der Waals surface area contributed by atoms with Crippen molar-refractivity contribution in [3.8, 4) is 0 Å². The quantitative estimate of drug-likeness (QED) is 0.127. The second-order valence-corrected chi connectivity index (χ2v) is 8.91. The van der Waals surface area contributed by atoms with Crippen LogP contribution in [0.15, 0.2) is 24.3 Å². The average Bonchev–Trinajstić information content (AvgIpc) is 2.87. The van der Waals surface area contributed by atoms with E-state index in [-0.39, 0.29) is 87.2 Å². The summed E-state index contributed by atoms with van der Waals surface area (Å²) in [6.45, 7) is 9.45. The van der Waals surface area contributed by atoms with Crippen LogP contribution in [0, 0.1) is 0 Å². The van der Waals surface area contributed by atoms with Crippen molar-refractivity contribution >= 4 is 35.7 Å². The maximum atomic E-state index is 12.4. The van der Waals surface area contributed by atoms with E-state index in [2.05, 4.69) is 23.8 Å². The Hall–Kier alpha value is -3.70. The molecule has 212 valence electrons. The van der Waals surface area contributed by atoms with Gasteiger partial charge in [0.1, 0.15) is 26.4 Å². The molecule has 0 aromatic carbocycles. The Morgan fingerprint density at radius 2 is 0.947 bits per heavy atom. The van der Waals surface area contributed by atoms with Crippen molar-refractivity contribution in [3.05, 3.63) is 24.3 Å². The van der Waals surface area contributed by atoms with Gasteiger partial charge in [-0.25, -0.2) is 9.59 Å². The predicted molar refractivity (Wildman–Crippen MR) is 134 cm³/mol. The largest absolute Gasteiger partial charge is 0.462 e. The van der Waals surface area contributed by atoms with Crippen LogP contribution >= 0.6 is 0 Å². The Labute approximate surface area is 222 Å². The number of carbonyl (C=O) groups is 6. The number of carbonyl (C=O) groups excluding carboxylic acids is 6. The second-order valence-electron chi connectivity index (χ2n) is 8.91. The first kappa shape index (κ1) is 32.3. The first-order chi connectivity index (χ1) is 18.0. The molecule has 2 unspecified atom stereocenters. The summed E-state index contributed by atoms with van der Waals surface area (Å²) >= 11 is 0. The summed E-state index contributed by atoms with van der Waals surface area (Å²) in [5, 5.41) is 5.72. The van der Waals surface area contributed by atoms with Gasteiger partial charge in [-0.05, 0) is 26.7 Å². The highest BCUT2D eigenvalue weighted by atomic mass is 16.6. The number of amides is 2. The van der Waals surface area contributed by atoms with E-state index in [0.717, 1.165) is 12.8 Å². The maximum absolute atomic E-state index is 12.4. The monoisotopic (exact) mass is 538 g/mol. The fourth-order valence-electron chi connectivity index (χ4n) is 3.44. The third-order valence-corrected chi connectivity index (χ3v) is 5.43. The minimum Gasteiger partial charge on any atom is -0.462 e. The predicted octanol–water partition coefficient (Wildman–Crippen LogP) is 1.42. The van der Waals surface area contributed by atoms with E-state index in [9.17, 15) is 28.8 Å². The van der Waals surface area contributed by atoms with E-state index in [0.29, 0.717) is 12.8 Å². The molecular weight excluding hydrogens is 500 g/mol. The van der Waals surface area contributed by atoms with Gasteiger partial charge in [0.2, 0.25) is 11.8 Å². The molecule has 0 aromatic heterocycles. The molecule has 0 saturated heterocycles. The van der Waals surface area contributed by atoms with Crippen LogP contribution in [-0.2, 0) is 47.7 Å². The van der Waals surface area contributed by atoms with Gasteiger partial charge in [-0.3, -0.25) is 19.2 Å². The van der Waals surface area contributed by atoms with Crippen molar-refractivity contribution in [2.45, 2.75) is 77.3 Å². The molecule has 1 saturated carbocycles. The molecule has 1 rings (SSSR count). The van der Waals surface area contributed by atoms with Crippen LogP contribution in [0.1, 0.15) is 65.2 Å². The molecule has 12 heteroatoms. The molecule has 38 heavy (non-hydrogen) atoms. The van der Waals surface area contributed by atoms with Crippen LogP contribution in [-0.4, -0.2) is 74.2 Å². The zero-order chi connectivity index (χ0) is 28.5. The molecule has 2 N–H and O–H groups in total. The lowest BCUT2D eigenvalue weighted by atomic mass is 9.90. The number of hydrogen-bond acceptors (Lipinski definition) is 10. The zero-order valence-corrected chi connectivity index (χ0v) is 22.1. The average molecular weight is 539 g/mol. The molecule has 0 aliphatic heterocycles. The van der Waals surface area contributed by atoms with Crippen molar-refractivity contribution in [1.29, 1.82) is 0 Å². The molecule has 0 spiro atoms. The molecule has 1 fully saturated rings. The topological polar surface area (TPSA) is 163 Å². The molecular formula is C26H38N2O10. The van der Waals surface area contributed by atoms with E-state index < -0.39 is 23.9 Å². The highest BCUT2D eigenvalue weighted by molar-refractivity contribution is 5.87. The van der Waals surface area contributed by atoms with Crippen LogP contribution in [0.4, 0.5) is 0 Å². The van der Waals surface area contributed by atoms with Gasteiger partial charge in [-0.2, -0.15) is 0 Å². The smallest absolute Gasteiger partial charge is 0.333 e. The summed E-state index contributed by atoms with van der Waals surface area (Å²) in [4.78, 5) is 70.9. The SMILES string of the molecule is C=C(C)C(=O)OCCOC(=O)CCC(=O)NC1CCCCC1NC(=O)CCC(=O)OCCOC(=O)C(=C)C. The standard InChI is InChI=1S/C26H38N2O10/c1-17(2)25(33)37-15-13-35-23(31)11-9-21(29)27-19-7-5-6-8-20(19)28-22(30)10-12-24(32)36-14-16-38-26(34)18(3)4/h19-20H,1,3,5-16H2,2,4H3,(H,27,29)(H,28,30). The summed E-state index contributed by atoms with van der Waals surface area (Å²) in [6, 6.07) is -0.597. The normalized spacial score (nSPS) is 16.4. The van der Waals surface area contributed by atoms with Gasteiger partial charge in [0.05, 0.1) is 12.8 Å². The first-order valence-electron chi connectivity index (χ1n) is 12.5. The zero-order valence-electron chi connectivity index (χ0n) is 22.1. The molecule has 12 nitrogen and oxygen atoms in total. The van der Waals surface area contributed by atoms with Gasteiger partial charge >= 0.3 is 23.9 Å². The fourth-order valence-corrected chi connectivity index (χ4v) is 3.44. The fraction of sp³-hybridized carbons (Fsp3) is 0.615. The number of nitrogens with one attached hydrogen (secondary N) is 2. The Kier molecular flexibility index (Phi) is 15.1. The highest BCUT2D eigenvalue weighted by Gasteiger charge is 2.28. The Morgan fingerprint density at radius 1 is 0.605 bits per heavy atom. The van der Waals surface area contributed by atoms with Crippen LogP contribution in [0.2, 0.25) is 0 Å². The van der Waals surface area contributed by atoms with Crippen molar-refractivity contribution < 1.29 is 47.7 Å². The van der Waals surface area contributed by atoms with Crippen LogP contribution in [0.3, 0.4) is 0 Å². The number of rotatable bonds is 16. The van der Waals surface area contributed by atoms with Crippen LogP contribution in [0.25, 0.3) is 0 Å². The summed E-state index contributed by atoms with van der Waals surface area (Å²) in [7, 11) is 0. The molecule has 2 amide bonds. The van der Waals surface area contributed by atoms with E-state index in [1.807, 2.05) is 0 Å². The molecule has 0 aromatic rings. The van der Waals surface area contributed by atoms with Gasteiger partial charge in [-0.15, -0.1) is 0 Å². The summed E-state index contributed by atoms with van der Waals surface area (Å²) < 4.78 is 19.5. The van der Waals surface area contributed by atoms with E-state index >= 15 is 0 Å². The summed E-state index contributed by atoms with van der Waals surface area (Å²) in [6.07, 6.45) is 2.64. The molecule has 0 bridgehead atoms. The van der Waals surface area contributed by atoms with Gasteiger partial charge in [-0.1, -0.05) is 26.0 Å². The first-order valence-corrected chi connectivity index (χ1v) is 12.5. The maximum Gasteiger partial charge on any atom is 0.333 e. The lowest BCUT2D eigenvalue weighted by Gasteiger charge is -2.32. The number of esters is 4. The molecule has 0 heterocycles. The highest BCUT2D eigenvalue weighted by Crippen LogP contribution is 2.19. The van der Waals surface area contributed by atoms with Crippen molar-refractivity contribution in [2.75, 3.05) is 26.4 Å². The minimum atomic E-state index is -0.596. The molecule has 2 atom stereocenters. The second kappa shape index (κ2) is 17.7. The van der Waals surface area contributed by atoms with Crippen LogP contribution in [0.5, 0.6) is 0 Å². The third kappa shape index (κ3) is 14.1. The third-order valence-electron chi connectivity index (χ3n) is 5.43. The van der Waals surface area contributed by atoms with Gasteiger partial charge < -0.3 is 29.6 Å². The minimum absolute atomic E-state index is 0.0882. The number of ether oxygens (including phenoxy) is 4. The van der Waals surface area contributed by atoms with Gasteiger partial charge in [0.15, 0.2) is 0 Å². The summed E-state index contributed by atoms with van der Waals surface area (Å²) in [5.74, 6) is -3.04.